The Morgan fingerprint density at radius 2 is 0.878 bits per heavy atom. The highest BCUT2D eigenvalue weighted by atomic mass is 35.5. The van der Waals surface area contributed by atoms with Crippen molar-refractivity contribution in [2.24, 2.45) is 5.73 Å². The lowest BCUT2D eigenvalue weighted by Gasteiger charge is -2.12. The maximum Gasteiger partial charge on any atom is 0.323 e. The van der Waals surface area contributed by atoms with Crippen LogP contribution in [0.5, 0.6) is 0 Å². The van der Waals surface area contributed by atoms with Crippen molar-refractivity contribution in [1.29, 1.82) is 0 Å². The van der Waals surface area contributed by atoms with Crippen molar-refractivity contribution in [3.05, 3.63) is 0 Å². The van der Waals surface area contributed by atoms with Gasteiger partial charge >= 0.3 is 11.9 Å². The first-order valence-corrected chi connectivity index (χ1v) is 16.8. The third-order valence-corrected chi connectivity index (χ3v) is 7.21. The maximum atomic E-state index is 12.0. The molecule has 0 unspecified atom stereocenters. The summed E-state index contributed by atoms with van der Waals surface area (Å²) in [6, 6.07) is -0.831. The molecule has 0 rings (SSSR count). The molecule has 0 aromatic rings. The van der Waals surface area contributed by atoms with Crippen molar-refractivity contribution in [2.45, 2.75) is 161 Å². The predicted octanol–water partition coefficient (Wildman–Crippen LogP) is 8.48. The Morgan fingerprint density at radius 1 is 0.512 bits per heavy atom. The lowest BCUT2D eigenvalue weighted by atomic mass is 10.1. The minimum atomic E-state index is -0.831. The van der Waals surface area contributed by atoms with Crippen LogP contribution in [-0.2, 0) is 28.5 Å². The number of rotatable bonds is 32. The van der Waals surface area contributed by atoms with Crippen molar-refractivity contribution < 1.29 is 28.5 Å². The first-order chi connectivity index (χ1) is 19.6. The van der Waals surface area contributed by atoms with Gasteiger partial charge in [-0.15, -0.1) is 12.4 Å². The third-order valence-electron chi connectivity index (χ3n) is 7.21. The number of hydrogen-bond donors (Lipinski definition) is 1. The minimum absolute atomic E-state index is 0. The van der Waals surface area contributed by atoms with E-state index in [-0.39, 0.29) is 44.4 Å². The largest absolute Gasteiger partial charge is 0.463 e. The zero-order chi connectivity index (χ0) is 29.4. The first kappa shape index (κ1) is 42.2. The fourth-order valence-electron chi connectivity index (χ4n) is 4.57. The molecule has 1 atom stereocenters. The summed E-state index contributed by atoms with van der Waals surface area (Å²) in [5, 5.41) is 0. The third kappa shape index (κ3) is 33.5. The van der Waals surface area contributed by atoms with E-state index in [0.29, 0.717) is 26.4 Å². The number of ether oxygens (including phenoxy) is 4. The molecule has 0 aromatic heterocycles. The average molecular weight is 608 g/mol. The second-order valence-corrected chi connectivity index (χ2v) is 11.1. The average Bonchev–Trinajstić information content (AvgIpc) is 2.96. The number of carbonyl (C=O) groups is 2. The molecule has 0 aliphatic carbocycles. The van der Waals surface area contributed by atoms with Gasteiger partial charge in [0.15, 0.2) is 0 Å². The molecule has 0 radical (unpaired) electrons. The van der Waals surface area contributed by atoms with Crippen LogP contribution in [0.1, 0.15) is 155 Å². The number of nitrogens with two attached hydrogens (primary N) is 1. The standard InChI is InChI=1S/C33H65NO6.ClH/c1-3-5-7-9-11-13-15-17-19-21-25-37-27-29-39-32(35)24-23-31(34)33(36)40-30-28-38-26-22-20-18-16-14-12-10-8-6-4-2;/h31H,3-30,34H2,1-2H3;1H/t31-;/m0./s1. The molecular weight excluding hydrogens is 542 g/mol. The molecular formula is C33H66ClNO6. The van der Waals surface area contributed by atoms with E-state index in [1.165, 1.54) is 116 Å². The van der Waals surface area contributed by atoms with Gasteiger partial charge in [0.1, 0.15) is 19.3 Å². The van der Waals surface area contributed by atoms with E-state index in [1.807, 2.05) is 0 Å². The zero-order valence-corrected chi connectivity index (χ0v) is 27.6. The molecule has 0 amide bonds. The van der Waals surface area contributed by atoms with Crippen molar-refractivity contribution in [2.75, 3.05) is 39.6 Å². The molecule has 0 aromatic carbocycles. The molecule has 0 aliphatic rings. The van der Waals surface area contributed by atoms with E-state index in [4.69, 9.17) is 24.7 Å². The van der Waals surface area contributed by atoms with Crippen LogP contribution < -0.4 is 5.73 Å². The van der Waals surface area contributed by atoms with Crippen molar-refractivity contribution in [3.8, 4) is 0 Å². The Hall–Kier alpha value is -0.890. The van der Waals surface area contributed by atoms with Gasteiger partial charge in [-0.2, -0.15) is 0 Å². The smallest absolute Gasteiger partial charge is 0.323 e. The zero-order valence-electron chi connectivity index (χ0n) is 26.8. The quantitative estimate of drug-likeness (QED) is 0.0605. The molecule has 0 fully saturated rings. The van der Waals surface area contributed by atoms with E-state index in [0.717, 1.165) is 12.8 Å². The van der Waals surface area contributed by atoms with Crippen molar-refractivity contribution in [1.82, 2.24) is 0 Å². The number of esters is 2. The van der Waals surface area contributed by atoms with Crippen LogP contribution in [0.2, 0.25) is 0 Å². The summed E-state index contributed by atoms with van der Waals surface area (Å²) in [6.45, 7) is 7.08. The van der Waals surface area contributed by atoms with E-state index in [1.54, 1.807) is 0 Å². The molecule has 41 heavy (non-hydrogen) atoms. The fourth-order valence-corrected chi connectivity index (χ4v) is 4.57. The summed E-state index contributed by atoms with van der Waals surface area (Å²) in [4.78, 5) is 23.9. The highest BCUT2D eigenvalue weighted by Crippen LogP contribution is 2.11. The van der Waals surface area contributed by atoms with Crippen LogP contribution in [0.15, 0.2) is 0 Å². The molecule has 8 heteroatoms. The highest BCUT2D eigenvalue weighted by Gasteiger charge is 2.17. The Bertz CT molecular complexity index is 552. The van der Waals surface area contributed by atoms with Gasteiger partial charge in [-0.05, 0) is 19.3 Å². The molecule has 0 saturated heterocycles. The SMILES string of the molecule is CCCCCCCCCCCCOCCOC(=O)CC[C@H](N)C(=O)OCCOCCCCCCCCCCCC.Cl. The Morgan fingerprint density at radius 3 is 1.29 bits per heavy atom. The summed E-state index contributed by atoms with van der Waals surface area (Å²) in [5.74, 6) is -0.874. The molecule has 0 aliphatic heterocycles. The van der Waals surface area contributed by atoms with Crippen molar-refractivity contribution in [3.63, 3.8) is 0 Å². The molecule has 2 N–H and O–H groups in total. The minimum Gasteiger partial charge on any atom is -0.463 e. The molecule has 7 nitrogen and oxygen atoms in total. The monoisotopic (exact) mass is 607 g/mol. The maximum absolute atomic E-state index is 12.0. The molecule has 0 spiro atoms. The number of halogens is 1. The Kier molecular flexibility index (Phi) is 36.4. The lowest BCUT2D eigenvalue weighted by Crippen LogP contribution is -2.33. The lowest BCUT2D eigenvalue weighted by molar-refractivity contribution is -0.148. The van der Waals surface area contributed by atoms with E-state index >= 15 is 0 Å². The molecule has 0 bridgehead atoms. The number of hydrogen-bond acceptors (Lipinski definition) is 7. The molecule has 0 saturated carbocycles. The summed E-state index contributed by atoms with van der Waals surface area (Å²) in [6.07, 6.45) is 26.1. The van der Waals surface area contributed by atoms with Crippen LogP contribution in [0.3, 0.4) is 0 Å². The van der Waals surface area contributed by atoms with Crippen LogP contribution in [0, 0.1) is 0 Å². The summed E-state index contributed by atoms with van der Waals surface area (Å²) >= 11 is 0. The second kappa shape index (κ2) is 35.3. The van der Waals surface area contributed by atoms with Crippen LogP contribution >= 0.6 is 12.4 Å². The van der Waals surface area contributed by atoms with Gasteiger partial charge in [0, 0.05) is 19.6 Å². The number of unbranched alkanes of at least 4 members (excludes halogenated alkanes) is 18. The summed E-state index contributed by atoms with van der Waals surface area (Å²) in [7, 11) is 0. The summed E-state index contributed by atoms with van der Waals surface area (Å²) < 4.78 is 21.4. The van der Waals surface area contributed by atoms with Gasteiger partial charge in [-0.25, -0.2) is 0 Å². The van der Waals surface area contributed by atoms with Gasteiger partial charge in [0.05, 0.1) is 13.2 Å². The predicted molar refractivity (Wildman–Crippen MR) is 172 cm³/mol. The van der Waals surface area contributed by atoms with Crippen LogP contribution in [0.4, 0.5) is 0 Å². The Labute approximate surface area is 259 Å². The fraction of sp³-hybridized carbons (Fsp3) is 0.939. The van der Waals surface area contributed by atoms with E-state index in [2.05, 4.69) is 13.8 Å². The van der Waals surface area contributed by atoms with E-state index < -0.39 is 12.0 Å². The first-order valence-electron chi connectivity index (χ1n) is 16.8. The van der Waals surface area contributed by atoms with Crippen LogP contribution in [0.25, 0.3) is 0 Å². The number of carbonyl (C=O) groups excluding carboxylic acids is 2. The van der Waals surface area contributed by atoms with Crippen molar-refractivity contribution >= 4 is 24.3 Å². The van der Waals surface area contributed by atoms with Gasteiger partial charge in [0.25, 0.3) is 0 Å². The van der Waals surface area contributed by atoms with Gasteiger partial charge in [-0.1, -0.05) is 129 Å². The van der Waals surface area contributed by atoms with Crippen LogP contribution in [-0.4, -0.2) is 57.6 Å². The summed E-state index contributed by atoms with van der Waals surface area (Å²) in [5.41, 5.74) is 5.85. The highest BCUT2D eigenvalue weighted by molar-refractivity contribution is 5.85. The van der Waals surface area contributed by atoms with E-state index in [9.17, 15) is 9.59 Å². The molecule has 0 heterocycles. The van der Waals surface area contributed by atoms with Gasteiger partial charge < -0.3 is 24.7 Å². The van der Waals surface area contributed by atoms with Gasteiger partial charge in [-0.3, -0.25) is 9.59 Å². The second-order valence-electron chi connectivity index (χ2n) is 11.1. The van der Waals surface area contributed by atoms with Gasteiger partial charge in [0.2, 0.25) is 0 Å². The Balaban J connectivity index is 0. The normalized spacial score (nSPS) is 11.7. The topological polar surface area (TPSA) is 97.1 Å². The molecule has 246 valence electrons.